The third-order valence-corrected chi connectivity index (χ3v) is 15.5. The summed E-state index contributed by atoms with van der Waals surface area (Å²) < 4.78 is 29.3. The van der Waals surface area contributed by atoms with E-state index in [0.29, 0.717) is 79.2 Å². The van der Waals surface area contributed by atoms with Gasteiger partial charge in [-0.15, -0.1) is 23.2 Å². The van der Waals surface area contributed by atoms with E-state index in [4.69, 9.17) is 46.9 Å². The predicted octanol–water partition coefficient (Wildman–Crippen LogP) is 5.71. The van der Waals surface area contributed by atoms with Crippen molar-refractivity contribution >= 4 is 63.7 Å². The van der Waals surface area contributed by atoms with E-state index in [-0.39, 0.29) is 18.6 Å². The van der Waals surface area contributed by atoms with Gasteiger partial charge in [-0.25, -0.2) is 9.59 Å². The Morgan fingerprint density at radius 3 is 2.44 bits per heavy atom. The molecule has 342 valence electrons. The van der Waals surface area contributed by atoms with Gasteiger partial charge in [-0.05, 0) is 73.5 Å². The molecule has 64 heavy (non-hydrogen) atoms. The average molecular weight is 920 g/mol. The van der Waals surface area contributed by atoms with Crippen molar-refractivity contribution in [3.05, 3.63) is 81.6 Å². The van der Waals surface area contributed by atoms with E-state index in [9.17, 15) is 19.5 Å². The molecule has 0 radical (unpaired) electrons. The Morgan fingerprint density at radius 2 is 1.77 bits per heavy atom. The maximum absolute atomic E-state index is 15.4. The monoisotopic (exact) mass is 918 g/mol. The first-order valence-corrected chi connectivity index (χ1v) is 23.0. The van der Waals surface area contributed by atoms with Crippen LogP contribution in [0, 0.1) is 11.8 Å². The van der Waals surface area contributed by atoms with Crippen molar-refractivity contribution in [2.75, 3.05) is 66.1 Å². The van der Waals surface area contributed by atoms with E-state index in [0.717, 1.165) is 35.1 Å². The maximum atomic E-state index is 15.4. The van der Waals surface area contributed by atoms with Crippen LogP contribution in [0.2, 0.25) is 0 Å². The summed E-state index contributed by atoms with van der Waals surface area (Å²) in [6.07, 6.45) is 5.48. The highest BCUT2D eigenvalue weighted by atomic mass is 35.5. The van der Waals surface area contributed by atoms with Crippen molar-refractivity contribution in [1.82, 2.24) is 14.8 Å². The molecular weight excluding hydrogens is 863 g/mol. The molecule has 1 saturated heterocycles. The number of halogens is 2. The molecule has 2 unspecified atom stereocenters. The number of methoxy groups -OCH3 is 3. The highest BCUT2D eigenvalue weighted by Crippen LogP contribution is 2.65. The molecule has 14 nitrogen and oxygen atoms in total. The number of likely N-dealkylation sites (N-methyl/N-ethyl adjacent to an activating group) is 1. The van der Waals surface area contributed by atoms with Crippen molar-refractivity contribution in [2.45, 2.75) is 92.5 Å². The Bertz CT molecular complexity index is 2500. The third-order valence-electron chi connectivity index (χ3n) is 15.3. The van der Waals surface area contributed by atoms with Crippen LogP contribution in [0.15, 0.2) is 53.6 Å². The van der Waals surface area contributed by atoms with Crippen molar-refractivity contribution in [3.63, 3.8) is 0 Å². The molecule has 3 aromatic rings. The number of rotatable bonds is 10. The number of aromatic nitrogens is 1. The zero-order chi connectivity index (χ0) is 45.6. The fraction of sp³-hybridized carbons (Fsp3) is 0.542. The Morgan fingerprint density at radius 1 is 1.00 bits per heavy atom. The molecule has 0 amide bonds. The van der Waals surface area contributed by atoms with E-state index in [1.807, 2.05) is 31.0 Å². The molecule has 1 spiro atoms. The number of carbonyl (C=O) groups is 4. The van der Waals surface area contributed by atoms with Crippen LogP contribution in [-0.2, 0) is 50.7 Å². The SMILES string of the molecule is CCC1=C[C@H]2CN(C1)Cc1c([nH]c3ccc(C(=O)OCC(Cl)Cl)cc13)[C@@](C(=O)OC)(c1cc3c(cc1OC)N(C)[C@H]1[C@@](O)(C(=O)OC)[C@H](OC(C)=O)C4C(CC)=CCN5CC[C@]31[C@H]45)C2. The number of anilines is 1. The van der Waals surface area contributed by atoms with Gasteiger partial charge in [-0.2, -0.15) is 0 Å². The molecule has 5 aliphatic heterocycles. The molecule has 6 aliphatic rings. The molecule has 9 atom stereocenters. The summed E-state index contributed by atoms with van der Waals surface area (Å²) in [6, 6.07) is 8.00. The quantitative estimate of drug-likeness (QED) is 0.110. The Hall–Kier alpha value is -4.60. The number of nitrogens with one attached hydrogen (secondary N) is 1. The van der Waals surface area contributed by atoms with Gasteiger partial charge in [-0.3, -0.25) is 19.4 Å². The van der Waals surface area contributed by atoms with E-state index >= 15 is 4.79 Å². The summed E-state index contributed by atoms with van der Waals surface area (Å²) in [5, 5.41) is 14.0. The van der Waals surface area contributed by atoms with Gasteiger partial charge >= 0.3 is 23.9 Å². The van der Waals surface area contributed by atoms with Gasteiger partial charge < -0.3 is 38.7 Å². The average Bonchev–Trinajstić information content (AvgIpc) is 3.93. The van der Waals surface area contributed by atoms with Crippen LogP contribution in [0.1, 0.15) is 79.2 Å². The van der Waals surface area contributed by atoms with Crippen LogP contribution >= 0.6 is 23.2 Å². The molecule has 1 aromatic heterocycles. The molecular formula is C48H56Cl2N4O10. The van der Waals surface area contributed by atoms with Crippen LogP contribution < -0.4 is 9.64 Å². The van der Waals surface area contributed by atoms with E-state index in [1.54, 1.807) is 19.2 Å². The van der Waals surface area contributed by atoms with Crippen molar-refractivity contribution in [3.8, 4) is 5.75 Å². The minimum atomic E-state index is -2.31. The first-order valence-electron chi connectivity index (χ1n) is 22.1. The number of ether oxygens (including phenoxy) is 5. The van der Waals surface area contributed by atoms with Crippen molar-refractivity contribution in [1.29, 1.82) is 0 Å². The van der Waals surface area contributed by atoms with Crippen molar-refractivity contribution < 1.29 is 48.0 Å². The molecule has 2 bridgehead atoms. The predicted molar refractivity (Wildman–Crippen MR) is 240 cm³/mol. The zero-order valence-electron chi connectivity index (χ0n) is 37.3. The third kappa shape index (κ3) is 6.36. The number of esters is 4. The first kappa shape index (κ1) is 44.6. The van der Waals surface area contributed by atoms with Gasteiger partial charge in [0, 0.05) is 91.4 Å². The highest BCUT2D eigenvalue weighted by molar-refractivity contribution is 6.44. The second kappa shape index (κ2) is 16.4. The largest absolute Gasteiger partial charge is 0.496 e. The Kier molecular flexibility index (Phi) is 11.4. The number of nitrogens with zero attached hydrogens (tertiary/aromatic N) is 3. The molecule has 1 saturated carbocycles. The van der Waals surface area contributed by atoms with Gasteiger partial charge in [0.2, 0.25) is 5.60 Å². The number of hydrogen-bond acceptors (Lipinski definition) is 13. The van der Waals surface area contributed by atoms with E-state index in [1.165, 1.54) is 26.7 Å². The number of aromatic amines is 1. The normalized spacial score (nSPS) is 31.4. The van der Waals surface area contributed by atoms with Crippen LogP contribution in [0.25, 0.3) is 10.9 Å². The van der Waals surface area contributed by atoms with Crippen molar-refractivity contribution in [2.24, 2.45) is 11.8 Å². The summed E-state index contributed by atoms with van der Waals surface area (Å²) in [6.45, 7) is 8.45. The molecule has 2 fully saturated rings. The number of alkyl halides is 2. The second-order valence-corrected chi connectivity index (χ2v) is 19.5. The lowest BCUT2D eigenvalue weighted by molar-refractivity contribution is -0.212. The standard InChI is InChI=1S/C48H56Cl2N4O10/c1-8-26-16-27-20-47(44(57)61-6,39-31(23-53(21-26)22-27)30-17-29(10-11-34(30)51-39)42(56)63-24-37(49)50)33-18-32-35(19-36(33)60-5)52(4)43-46(32)13-15-54-14-12-28(9-2)38(40(46)54)41(64-25(3)55)48(43,59)45(58)62-7/h10-12,16-19,27,37-38,40-41,43,51,59H,8-9,13-15,20-24H2,1-7H3/t27-,38?,40+,41-,43-,46-,47+,48-/m1/s1. The molecule has 2 N–H and O–H groups in total. The Balaban J connectivity index is 1.33. The number of aliphatic hydroxyl groups is 1. The molecule has 16 heteroatoms. The number of H-pyrrole nitrogens is 1. The lowest BCUT2D eigenvalue weighted by atomic mass is 9.52. The molecule has 1 aliphatic carbocycles. The molecule has 2 aromatic carbocycles. The lowest BCUT2D eigenvalue weighted by Crippen LogP contribution is -2.78. The lowest BCUT2D eigenvalue weighted by Gasteiger charge is -2.59. The minimum Gasteiger partial charge on any atom is -0.496 e. The minimum absolute atomic E-state index is 0.0796. The van der Waals surface area contributed by atoms with Crippen LogP contribution in [0.3, 0.4) is 0 Å². The summed E-state index contributed by atoms with van der Waals surface area (Å²) in [7, 11) is 6.05. The number of fused-ring (bicyclic) bond motifs is 6. The number of hydrogen-bond donors (Lipinski definition) is 2. The fourth-order valence-electron chi connectivity index (χ4n) is 13.0. The zero-order valence-corrected chi connectivity index (χ0v) is 38.8. The topological polar surface area (TPSA) is 160 Å². The van der Waals surface area contributed by atoms with Crippen LogP contribution in [-0.4, -0.2) is 134 Å². The fourth-order valence-corrected chi connectivity index (χ4v) is 13.1. The van der Waals surface area contributed by atoms with E-state index in [2.05, 4.69) is 39.9 Å². The first-order chi connectivity index (χ1) is 30.6. The molecule has 9 rings (SSSR count). The van der Waals surface area contributed by atoms with Gasteiger partial charge in [0.15, 0.2) is 6.10 Å². The number of benzene rings is 2. The molecule has 6 heterocycles. The van der Waals surface area contributed by atoms with Gasteiger partial charge in [0.25, 0.3) is 0 Å². The summed E-state index contributed by atoms with van der Waals surface area (Å²) in [5.41, 5.74) is 2.09. The van der Waals surface area contributed by atoms with E-state index < -0.39 is 63.2 Å². The smallest absolute Gasteiger partial charge is 0.344 e. The summed E-state index contributed by atoms with van der Waals surface area (Å²) in [4.78, 5) is 65.6. The van der Waals surface area contributed by atoms with Gasteiger partial charge in [0.1, 0.15) is 22.6 Å². The van der Waals surface area contributed by atoms with Gasteiger partial charge in [0.05, 0.1) is 32.9 Å². The Labute approximate surface area is 382 Å². The van der Waals surface area contributed by atoms with Crippen LogP contribution in [0.4, 0.5) is 5.69 Å². The number of carbonyl (C=O) groups excluding carboxylic acids is 4. The highest BCUT2D eigenvalue weighted by Gasteiger charge is 2.77. The summed E-state index contributed by atoms with van der Waals surface area (Å²) >= 11 is 11.8. The van der Waals surface area contributed by atoms with Crippen LogP contribution in [0.5, 0.6) is 5.75 Å². The second-order valence-electron chi connectivity index (χ2n) is 18.3. The van der Waals surface area contributed by atoms with Gasteiger partial charge in [-0.1, -0.05) is 37.1 Å². The maximum Gasteiger partial charge on any atom is 0.344 e. The summed E-state index contributed by atoms with van der Waals surface area (Å²) in [5.74, 6) is -2.81.